The Bertz CT molecular complexity index is 1450. The van der Waals surface area contributed by atoms with E-state index in [0.717, 1.165) is 102 Å². The maximum Gasteiger partial charge on any atom is 0.451 e. The van der Waals surface area contributed by atoms with Crippen LogP contribution in [0.25, 0.3) is 0 Å². The minimum atomic E-state index is -1.22. The molecule has 2 amide bonds. The van der Waals surface area contributed by atoms with Crippen LogP contribution in [0.2, 0.25) is 19.0 Å². The summed E-state index contributed by atoms with van der Waals surface area (Å²) in [5, 5.41) is 59.6. The molecule has 398 valence electrons. The van der Waals surface area contributed by atoms with Crippen molar-refractivity contribution in [3.8, 4) is 0 Å². The number of nitrogens with two attached hydrogens (primary N) is 5. The smallest absolute Gasteiger partial charge is 0.427 e. The molecule has 69 heavy (non-hydrogen) atoms. The molecule has 0 spiro atoms. The molecule has 0 aromatic rings. The van der Waals surface area contributed by atoms with E-state index in [9.17, 15) is 9.59 Å². The Morgan fingerprint density at radius 3 is 1.10 bits per heavy atom. The van der Waals surface area contributed by atoms with E-state index in [1.807, 2.05) is 13.8 Å². The van der Waals surface area contributed by atoms with Crippen LogP contribution in [0.3, 0.4) is 0 Å². The summed E-state index contributed by atoms with van der Waals surface area (Å²) >= 11 is 0. The molecular weight excluding hydrogens is 989 g/mol. The van der Waals surface area contributed by atoms with Gasteiger partial charge in [0.25, 0.3) is 0 Å². The first-order valence-electron chi connectivity index (χ1n) is 24.0. The van der Waals surface area contributed by atoms with E-state index < -0.39 is 27.4 Å². The van der Waals surface area contributed by atoms with E-state index in [1.165, 1.54) is 0 Å². The molecule has 6 aliphatic rings. The zero-order chi connectivity index (χ0) is 51.0. The van der Waals surface area contributed by atoms with Gasteiger partial charge in [0.15, 0.2) is 0 Å². The van der Waals surface area contributed by atoms with Crippen molar-refractivity contribution in [3.05, 3.63) is 7.43 Å². The van der Waals surface area contributed by atoms with Crippen molar-refractivity contribution in [3.63, 3.8) is 0 Å². The molecule has 6 fully saturated rings. The Kier molecular flexibility index (Phi) is 36.2. The van der Waals surface area contributed by atoms with Gasteiger partial charge in [0, 0.05) is 62.6 Å². The molecule has 6 saturated carbocycles. The van der Waals surface area contributed by atoms with Crippen LogP contribution in [0.4, 0.5) is 0 Å². The fourth-order valence-electron chi connectivity index (χ4n) is 12.3. The van der Waals surface area contributed by atoms with Crippen LogP contribution in [0, 0.1) is 66.6 Å². The third-order valence-corrected chi connectivity index (χ3v) is 14.9. The second kappa shape index (κ2) is 36.4. The number of amides is 2. The third kappa shape index (κ3) is 24.7. The summed E-state index contributed by atoms with van der Waals surface area (Å²) in [6.07, 6.45) is 16.9. The summed E-state index contributed by atoms with van der Waals surface area (Å²) in [4.78, 5) is 72.3. The van der Waals surface area contributed by atoms with Crippen molar-refractivity contribution in [2.75, 3.05) is 0 Å². The van der Waals surface area contributed by atoms with E-state index >= 15 is 0 Å². The van der Waals surface area contributed by atoms with Gasteiger partial charge >= 0.3 is 39.8 Å². The van der Waals surface area contributed by atoms with Crippen molar-refractivity contribution in [2.24, 2.45) is 87.8 Å². The number of hydrogen-bond acceptors (Lipinski definition) is 19. The summed E-state index contributed by atoms with van der Waals surface area (Å²) in [6, 6.07) is 1.17. The average molecular weight is 1070 g/mol. The molecule has 0 saturated heterocycles. The number of nitrogens with one attached hydrogen (secondary N) is 2. The van der Waals surface area contributed by atoms with Crippen LogP contribution in [-0.2, 0) is 58.8 Å². The number of carbonyl (C=O) groups is 2. The maximum absolute atomic E-state index is 11.8. The molecule has 16 atom stereocenters. The molecule has 25 heteroatoms. The molecule has 0 aliphatic heterocycles. The van der Waals surface area contributed by atoms with Gasteiger partial charge in [-0.3, -0.25) is 9.59 Å². The second-order valence-corrected chi connectivity index (χ2v) is 20.0. The molecule has 21 nitrogen and oxygen atoms in total. The summed E-state index contributed by atoms with van der Waals surface area (Å²) in [5.74, 6) is 5.34. The molecule has 0 heterocycles. The van der Waals surface area contributed by atoms with Crippen molar-refractivity contribution in [1.82, 2.24) is 10.6 Å². The maximum atomic E-state index is 11.8. The van der Waals surface area contributed by atoms with Crippen LogP contribution in [0.5, 0.6) is 0 Å². The Morgan fingerprint density at radius 1 is 0.522 bits per heavy atom. The Hall–Kier alpha value is -2.50. The minimum Gasteiger partial charge on any atom is -0.427 e. The largest absolute Gasteiger partial charge is 0.451 e. The fraction of sp³-hybridized carbons (Fsp3) is 0.864. The first kappa shape index (κ1) is 68.6. The monoisotopic (exact) mass is 1070 g/mol. The van der Waals surface area contributed by atoms with Gasteiger partial charge in [-0.1, -0.05) is 33.1 Å². The quantitative estimate of drug-likeness (QED) is 0.0640. The van der Waals surface area contributed by atoms with Gasteiger partial charge in [-0.05, 0) is 156 Å². The number of rotatable bonds is 16. The zero-order valence-corrected chi connectivity index (χ0v) is 42.5. The minimum absolute atomic E-state index is 0. The number of fused-ring (bicyclic) bond motifs is 3. The predicted molar refractivity (Wildman–Crippen MR) is 251 cm³/mol. The Balaban J connectivity index is 0. The summed E-state index contributed by atoms with van der Waals surface area (Å²) in [5.41, 5.74) is 30.3. The summed E-state index contributed by atoms with van der Waals surface area (Å²) in [6.45, 7) is 5.54. The molecule has 0 unspecified atom stereocenters. The summed E-state index contributed by atoms with van der Waals surface area (Å²) < 4.78 is 0. The molecular formula is C44H83B3N7O14Pd-. The van der Waals surface area contributed by atoms with Crippen LogP contribution in [-0.4, -0.2) is 124 Å². The zero-order valence-electron chi connectivity index (χ0n) is 40.9. The number of hydrogen-bond donors (Lipinski definition) is 13. The van der Waals surface area contributed by atoms with E-state index in [-0.39, 0.29) is 82.2 Å². The predicted octanol–water partition coefficient (Wildman–Crippen LogP) is -1.16. The van der Waals surface area contributed by atoms with Gasteiger partial charge < -0.3 is 76.9 Å². The van der Waals surface area contributed by atoms with Gasteiger partial charge in [0.05, 0.1) is 6.04 Å². The van der Waals surface area contributed by atoms with Gasteiger partial charge in [-0.15, -0.1) is 0 Å². The molecule has 0 aromatic carbocycles. The van der Waals surface area contributed by atoms with Crippen molar-refractivity contribution in [1.29, 1.82) is 0 Å². The van der Waals surface area contributed by atoms with E-state index in [4.69, 9.17) is 87.6 Å². The van der Waals surface area contributed by atoms with E-state index in [2.05, 4.69) is 10.6 Å². The van der Waals surface area contributed by atoms with Gasteiger partial charge in [-0.2, -0.15) is 28.8 Å². The van der Waals surface area contributed by atoms with Crippen LogP contribution >= 0.6 is 0 Å². The average Bonchev–Trinajstić information content (AvgIpc) is 4.06. The molecule has 6 rings (SSSR count). The third-order valence-electron chi connectivity index (χ3n) is 14.9. The number of carbonyl (C=O) groups excluding carboxylic acids is 8. The van der Waals surface area contributed by atoms with Crippen LogP contribution in [0.15, 0.2) is 0 Å². The van der Waals surface area contributed by atoms with Crippen molar-refractivity contribution in [2.45, 2.75) is 178 Å². The summed E-state index contributed by atoms with van der Waals surface area (Å²) in [7, 11) is -3.60. The van der Waals surface area contributed by atoms with Crippen molar-refractivity contribution >= 4 is 51.6 Å². The SMILES string of the molecule is CC(C)C(=O)N[C@H]1C[C@@H]2C[C@H](N)[C@@H](CCCB(O)O)[C@@H]2C1.C[C@H](N)C(=O)N[C@H]1C[C@@H]2C[C@H](N)[C@@H](CCCB(O)O)[C@@H]2C1.N[C@H]1C[C@@H]2C[C@H](N)[C@@H](CCCB(O)O)[C@@H]2C1.O=C=O.O=C=O.O=C=O.[CH3-].[Pd]. The molecule has 0 radical (unpaired) electrons. The second-order valence-electron chi connectivity index (χ2n) is 20.0. The first-order chi connectivity index (χ1) is 31.6. The van der Waals surface area contributed by atoms with Crippen LogP contribution < -0.4 is 39.3 Å². The Morgan fingerprint density at radius 2 is 0.812 bits per heavy atom. The van der Waals surface area contributed by atoms with Gasteiger partial charge in [-0.25, -0.2) is 0 Å². The molecule has 0 bridgehead atoms. The standard InChI is InChI=1S/C15H29BN2O3.C14H28BN3O3.C11H23BN2O2.3CO2.CH3.Pd/c1-9(2)15(19)18-11-6-10-7-14(17)12(13(10)8-11)4-3-5-16(20)21;1-8(16)14(19)18-10-5-9-6-13(17)11(12(9)7-10)3-2-4-15(20)21;13-8-4-7-5-11(14)9(10(7)6-8)2-1-3-12(15)16;3*2-1-3;;/h9-14,20-21H,3-8,17H2,1-2H3,(H,18,19);8-13,20-21H,2-7,16-17H2,1H3,(H,18,19);7-11,15-16H,1-6,13-14H2;;;;1H3;/q;;;;;;-1;/t10-,11+,12+,13-,14+;8-,9+,10-,11-,12+,13-;7-,8+,9+,10-,11+;;;;;/m101...../s1. The van der Waals surface area contributed by atoms with Crippen LogP contribution in [0.1, 0.15) is 117 Å². The topological polar surface area (TPSA) is 412 Å². The van der Waals surface area contributed by atoms with E-state index in [0.29, 0.717) is 84.4 Å². The molecule has 0 aromatic heterocycles. The first-order valence-corrected chi connectivity index (χ1v) is 24.0. The normalized spacial score (nSPS) is 31.9. The van der Waals surface area contributed by atoms with Gasteiger partial charge in [0.1, 0.15) is 0 Å². The van der Waals surface area contributed by atoms with Gasteiger partial charge in [0.2, 0.25) is 11.8 Å². The Labute approximate surface area is 423 Å². The fourth-order valence-corrected chi connectivity index (χ4v) is 12.3. The van der Waals surface area contributed by atoms with Crippen molar-refractivity contribution < 1.29 is 88.9 Å². The van der Waals surface area contributed by atoms with E-state index in [1.54, 1.807) is 6.92 Å². The molecule has 18 N–H and O–H groups in total. The molecule has 6 aliphatic carbocycles.